The lowest BCUT2D eigenvalue weighted by Crippen LogP contribution is -2.15. The van der Waals surface area contributed by atoms with Crippen molar-refractivity contribution in [2.24, 2.45) is 0 Å². The van der Waals surface area contributed by atoms with Gasteiger partial charge in [0, 0.05) is 5.56 Å². The topological polar surface area (TPSA) is 63.6 Å². The van der Waals surface area contributed by atoms with E-state index < -0.39 is 18.0 Å². The molecule has 6 heteroatoms. The molecule has 0 radical (unpaired) electrons. The number of hydrogen-bond acceptors (Lipinski definition) is 5. The lowest BCUT2D eigenvalue weighted by atomic mass is 10.1. The fraction of sp³-hybridized carbons (Fsp3) is 0.333. The molecular weight excluding hydrogens is 236 g/mol. The van der Waals surface area contributed by atoms with Gasteiger partial charge in [-0.2, -0.15) is 24.0 Å². The molecule has 0 aromatic carbocycles. The van der Waals surface area contributed by atoms with Gasteiger partial charge in [0.15, 0.2) is 0 Å². The first kappa shape index (κ1) is 12.1. The zero-order chi connectivity index (χ0) is 11.3. The van der Waals surface area contributed by atoms with Crippen LogP contribution in [0.4, 0.5) is 0 Å². The van der Waals surface area contributed by atoms with Crippen LogP contribution < -0.4 is 0 Å². The van der Waals surface area contributed by atoms with E-state index in [-0.39, 0.29) is 12.2 Å². The van der Waals surface area contributed by atoms with Crippen molar-refractivity contribution in [2.45, 2.75) is 12.5 Å². The molecule has 0 aliphatic heterocycles. The molecule has 0 aliphatic rings. The van der Waals surface area contributed by atoms with Crippen LogP contribution in [0, 0.1) is 0 Å². The SMILES string of the molecule is O=C(O)CC(OC(=O)CS)c1ccsc1. The maximum Gasteiger partial charge on any atom is 0.316 e. The minimum absolute atomic E-state index is 0.0553. The number of rotatable bonds is 5. The summed E-state index contributed by atoms with van der Waals surface area (Å²) in [4.78, 5) is 21.6. The molecule has 0 bridgehead atoms. The van der Waals surface area contributed by atoms with Crippen LogP contribution in [-0.4, -0.2) is 22.8 Å². The molecule has 1 rings (SSSR count). The van der Waals surface area contributed by atoms with Crippen molar-refractivity contribution in [1.29, 1.82) is 0 Å². The van der Waals surface area contributed by atoms with Gasteiger partial charge in [0.25, 0.3) is 0 Å². The second-order valence-electron chi connectivity index (χ2n) is 2.79. The molecular formula is C9H10O4S2. The Morgan fingerprint density at radius 1 is 1.60 bits per heavy atom. The fourth-order valence-electron chi connectivity index (χ4n) is 1.04. The maximum atomic E-state index is 11.0. The highest BCUT2D eigenvalue weighted by Gasteiger charge is 2.19. The van der Waals surface area contributed by atoms with Crippen LogP contribution in [0.5, 0.6) is 0 Å². The molecule has 1 aromatic rings. The molecule has 1 heterocycles. The van der Waals surface area contributed by atoms with E-state index in [0.29, 0.717) is 5.56 Å². The molecule has 1 atom stereocenters. The minimum Gasteiger partial charge on any atom is -0.481 e. The summed E-state index contributed by atoms with van der Waals surface area (Å²) in [6.07, 6.45) is -0.940. The predicted octanol–water partition coefficient (Wildman–Crippen LogP) is 1.74. The average molecular weight is 246 g/mol. The molecule has 0 saturated heterocycles. The number of esters is 1. The van der Waals surface area contributed by atoms with Gasteiger partial charge in [0.05, 0.1) is 12.2 Å². The molecule has 4 nitrogen and oxygen atoms in total. The third kappa shape index (κ3) is 3.93. The molecule has 15 heavy (non-hydrogen) atoms. The monoisotopic (exact) mass is 246 g/mol. The van der Waals surface area contributed by atoms with Crippen LogP contribution in [-0.2, 0) is 14.3 Å². The van der Waals surface area contributed by atoms with Crippen molar-refractivity contribution in [3.05, 3.63) is 22.4 Å². The highest BCUT2D eigenvalue weighted by atomic mass is 32.1. The van der Waals surface area contributed by atoms with E-state index in [2.05, 4.69) is 12.6 Å². The number of carboxylic acids is 1. The van der Waals surface area contributed by atoms with Crippen molar-refractivity contribution in [1.82, 2.24) is 0 Å². The summed E-state index contributed by atoms with van der Waals surface area (Å²) in [5, 5.41) is 12.2. The van der Waals surface area contributed by atoms with Crippen LogP contribution >= 0.6 is 24.0 Å². The highest BCUT2D eigenvalue weighted by molar-refractivity contribution is 7.81. The number of ether oxygens (including phenoxy) is 1. The van der Waals surface area contributed by atoms with E-state index in [1.807, 2.05) is 0 Å². The lowest BCUT2D eigenvalue weighted by molar-refractivity contribution is -0.150. The van der Waals surface area contributed by atoms with Crippen LogP contribution in [0.25, 0.3) is 0 Å². The number of hydrogen-bond donors (Lipinski definition) is 2. The van der Waals surface area contributed by atoms with Gasteiger partial charge in [-0.3, -0.25) is 9.59 Å². The van der Waals surface area contributed by atoms with Crippen LogP contribution in [0.15, 0.2) is 16.8 Å². The summed E-state index contributed by atoms with van der Waals surface area (Å²) in [7, 11) is 0. The fourth-order valence-corrected chi connectivity index (χ4v) is 1.82. The number of thiol groups is 1. The zero-order valence-electron chi connectivity index (χ0n) is 7.75. The molecule has 0 aliphatic carbocycles. The van der Waals surface area contributed by atoms with Gasteiger partial charge in [-0.25, -0.2) is 0 Å². The Morgan fingerprint density at radius 3 is 2.80 bits per heavy atom. The number of carbonyl (C=O) groups is 2. The van der Waals surface area contributed by atoms with Crippen molar-refractivity contribution >= 4 is 35.9 Å². The largest absolute Gasteiger partial charge is 0.481 e. The summed E-state index contributed by atoms with van der Waals surface area (Å²) in [6.45, 7) is 0. The standard InChI is InChI=1S/C9H10O4S2/c10-8(11)3-7(13-9(12)4-14)6-1-2-15-5-6/h1-2,5,7,14H,3-4H2,(H,10,11). The summed E-state index contributed by atoms with van der Waals surface area (Å²) in [5.74, 6) is -1.57. The third-order valence-corrected chi connectivity index (χ3v) is 2.64. The van der Waals surface area contributed by atoms with Gasteiger partial charge < -0.3 is 9.84 Å². The zero-order valence-corrected chi connectivity index (χ0v) is 9.46. The maximum absolute atomic E-state index is 11.0. The molecule has 1 unspecified atom stereocenters. The Hall–Kier alpha value is -1.01. The van der Waals surface area contributed by atoms with Gasteiger partial charge in [-0.05, 0) is 16.8 Å². The molecule has 1 aromatic heterocycles. The number of thiophene rings is 1. The first-order chi connectivity index (χ1) is 7.13. The van der Waals surface area contributed by atoms with E-state index in [1.54, 1.807) is 16.8 Å². The van der Waals surface area contributed by atoms with Crippen LogP contribution in [0.2, 0.25) is 0 Å². The van der Waals surface area contributed by atoms with E-state index in [4.69, 9.17) is 9.84 Å². The van der Waals surface area contributed by atoms with Crippen molar-refractivity contribution in [2.75, 3.05) is 5.75 Å². The molecule has 0 spiro atoms. The van der Waals surface area contributed by atoms with Gasteiger partial charge in [-0.15, -0.1) is 0 Å². The first-order valence-electron chi connectivity index (χ1n) is 4.17. The van der Waals surface area contributed by atoms with E-state index >= 15 is 0 Å². The third-order valence-electron chi connectivity index (χ3n) is 1.68. The Balaban J connectivity index is 2.70. The highest BCUT2D eigenvalue weighted by Crippen LogP contribution is 2.23. The molecule has 0 fully saturated rings. The minimum atomic E-state index is -1.00. The normalized spacial score (nSPS) is 12.1. The quantitative estimate of drug-likeness (QED) is 0.613. The van der Waals surface area contributed by atoms with Gasteiger partial charge in [0.1, 0.15) is 6.10 Å². The van der Waals surface area contributed by atoms with E-state index in [0.717, 1.165) is 0 Å². The Labute approximate surface area is 96.3 Å². The Kier molecular flexibility index (Phi) is 4.64. The number of carbonyl (C=O) groups excluding carboxylic acids is 1. The van der Waals surface area contributed by atoms with Crippen molar-refractivity contribution in [3.8, 4) is 0 Å². The number of aliphatic carboxylic acids is 1. The van der Waals surface area contributed by atoms with Gasteiger partial charge >= 0.3 is 11.9 Å². The van der Waals surface area contributed by atoms with Gasteiger partial charge in [-0.1, -0.05) is 0 Å². The second-order valence-corrected chi connectivity index (χ2v) is 3.89. The van der Waals surface area contributed by atoms with Crippen molar-refractivity contribution in [3.63, 3.8) is 0 Å². The van der Waals surface area contributed by atoms with Gasteiger partial charge in [0.2, 0.25) is 0 Å². The van der Waals surface area contributed by atoms with Crippen LogP contribution in [0.3, 0.4) is 0 Å². The van der Waals surface area contributed by atoms with Crippen LogP contribution in [0.1, 0.15) is 18.1 Å². The summed E-state index contributed by atoms with van der Waals surface area (Å²) >= 11 is 5.19. The molecule has 82 valence electrons. The van der Waals surface area contributed by atoms with E-state index in [1.165, 1.54) is 11.3 Å². The summed E-state index contributed by atoms with van der Waals surface area (Å²) in [5.41, 5.74) is 0.706. The second kappa shape index (κ2) is 5.77. The smallest absolute Gasteiger partial charge is 0.316 e. The average Bonchev–Trinajstić information content (AvgIpc) is 2.68. The van der Waals surface area contributed by atoms with Crippen molar-refractivity contribution < 1.29 is 19.4 Å². The van der Waals surface area contributed by atoms with E-state index in [9.17, 15) is 9.59 Å². The predicted molar refractivity (Wildman–Crippen MR) is 59.3 cm³/mol. The molecule has 1 N–H and O–H groups in total. The summed E-state index contributed by atoms with van der Waals surface area (Å²) < 4.78 is 4.97. The summed E-state index contributed by atoms with van der Waals surface area (Å²) in [6, 6.07) is 1.74. The first-order valence-corrected chi connectivity index (χ1v) is 5.75. The molecule has 0 amide bonds. The Morgan fingerprint density at radius 2 is 2.33 bits per heavy atom. The molecule has 0 saturated carbocycles. The number of carboxylic acid groups (broad SMARTS) is 1. The lowest BCUT2D eigenvalue weighted by Gasteiger charge is -2.14. The Bertz CT molecular complexity index is 334.